The molecule has 10 nitrogen and oxygen atoms in total. The van der Waals surface area contributed by atoms with Crippen molar-refractivity contribution in [1.29, 1.82) is 0 Å². The van der Waals surface area contributed by atoms with E-state index in [2.05, 4.69) is 4.98 Å². The molecular formula is C22H22N2O8. The molecule has 3 rings (SSSR count). The number of hydrogen-bond acceptors (Lipinski definition) is 7. The van der Waals surface area contributed by atoms with Crippen molar-refractivity contribution in [2.24, 2.45) is 0 Å². The first-order valence-corrected chi connectivity index (χ1v) is 9.59. The Morgan fingerprint density at radius 2 is 1.88 bits per heavy atom. The minimum atomic E-state index is -1.26. The van der Waals surface area contributed by atoms with Crippen LogP contribution < -0.4 is 15.9 Å². The average Bonchev–Trinajstić information content (AvgIpc) is 2.74. The molecule has 0 radical (unpaired) electrons. The number of aromatic hydroxyl groups is 1. The van der Waals surface area contributed by atoms with Crippen LogP contribution in [0.1, 0.15) is 29.2 Å². The second kappa shape index (κ2) is 8.96. The van der Waals surface area contributed by atoms with Crippen molar-refractivity contribution >= 4 is 22.8 Å². The van der Waals surface area contributed by atoms with Crippen molar-refractivity contribution in [3.05, 3.63) is 67.9 Å². The van der Waals surface area contributed by atoms with Crippen molar-refractivity contribution in [3.63, 3.8) is 0 Å². The summed E-state index contributed by atoms with van der Waals surface area (Å²) in [5.74, 6) is -3.08. The quantitative estimate of drug-likeness (QED) is 0.466. The van der Waals surface area contributed by atoms with E-state index in [1.54, 1.807) is 18.2 Å². The van der Waals surface area contributed by atoms with E-state index in [9.17, 15) is 24.3 Å². The van der Waals surface area contributed by atoms with Gasteiger partial charge in [-0.05, 0) is 37.3 Å². The predicted molar refractivity (Wildman–Crippen MR) is 114 cm³/mol. The van der Waals surface area contributed by atoms with E-state index in [4.69, 9.17) is 14.6 Å². The van der Waals surface area contributed by atoms with Crippen LogP contribution in [0.5, 0.6) is 11.5 Å². The number of carboxylic acids is 1. The maximum Gasteiger partial charge on any atom is 0.323 e. The molecule has 0 aliphatic carbocycles. The van der Waals surface area contributed by atoms with E-state index in [0.29, 0.717) is 16.7 Å². The average molecular weight is 442 g/mol. The summed E-state index contributed by atoms with van der Waals surface area (Å²) in [4.78, 5) is 52.2. The number of benzene rings is 1. The normalized spacial score (nSPS) is 11.8. The molecule has 0 amide bonds. The van der Waals surface area contributed by atoms with Gasteiger partial charge in [0.1, 0.15) is 18.0 Å². The highest BCUT2D eigenvalue weighted by molar-refractivity contribution is 5.81. The fraction of sp³-hybridized carbons (Fsp3) is 0.273. The number of aromatic amines is 1. The number of methoxy groups -OCH3 is 2. The van der Waals surface area contributed by atoms with Crippen molar-refractivity contribution < 1.29 is 29.3 Å². The van der Waals surface area contributed by atoms with Gasteiger partial charge in [-0.25, -0.2) is 0 Å². The van der Waals surface area contributed by atoms with Crippen LogP contribution >= 0.6 is 0 Å². The molecule has 168 valence electrons. The topological polar surface area (TPSA) is 148 Å². The SMILES string of the molecule is COC(=O)CC(c1cc2cc(OC)ccc2[nH]c1=O)c1c(O)cc(C)n(CC(=O)O)c1=O. The molecule has 0 saturated carbocycles. The number of aromatic nitrogens is 2. The fourth-order valence-corrected chi connectivity index (χ4v) is 3.63. The van der Waals surface area contributed by atoms with Crippen LogP contribution in [0.3, 0.4) is 0 Å². The first kappa shape index (κ1) is 22.6. The Morgan fingerprint density at radius 1 is 1.16 bits per heavy atom. The van der Waals surface area contributed by atoms with Gasteiger partial charge in [-0.1, -0.05) is 0 Å². The van der Waals surface area contributed by atoms with Crippen LogP contribution in [-0.2, 0) is 20.9 Å². The van der Waals surface area contributed by atoms with Gasteiger partial charge in [0.15, 0.2) is 0 Å². The zero-order chi connectivity index (χ0) is 23.6. The highest BCUT2D eigenvalue weighted by Gasteiger charge is 2.29. The third-order valence-electron chi connectivity index (χ3n) is 5.22. The Hall–Kier alpha value is -4.08. The van der Waals surface area contributed by atoms with E-state index in [0.717, 1.165) is 11.7 Å². The zero-order valence-corrected chi connectivity index (χ0v) is 17.7. The summed E-state index contributed by atoms with van der Waals surface area (Å²) in [6.07, 6.45) is -0.423. The molecule has 0 saturated heterocycles. The first-order valence-electron chi connectivity index (χ1n) is 9.59. The molecule has 32 heavy (non-hydrogen) atoms. The van der Waals surface area contributed by atoms with Gasteiger partial charge in [-0.2, -0.15) is 0 Å². The summed E-state index contributed by atoms with van der Waals surface area (Å²) in [6, 6.07) is 7.71. The van der Waals surface area contributed by atoms with E-state index in [1.165, 1.54) is 26.2 Å². The second-order valence-electron chi connectivity index (χ2n) is 7.21. The minimum absolute atomic E-state index is 0.0364. The summed E-state index contributed by atoms with van der Waals surface area (Å²) in [7, 11) is 2.65. The number of carbonyl (C=O) groups excluding carboxylic acids is 1. The standard InChI is InChI=1S/C22H22N2O8/c1-11-6-17(25)20(22(30)24(11)10-18(26)27)14(9-19(28)32-3)15-8-12-7-13(31-2)4-5-16(12)23-21(15)29/h4-8,14,25H,9-10H2,1-3H3,(H,23,29)(H,26,27). The number of ether oxygens (including phenoxy) is 2. The van der Waals surface area contributed by atoms with Crippen molar-refractivity contribution in [1.82, 2.24) is 9.55 Å². The van der Waals surface area contributed by atoms with Gasteiger partial charge in [0.25, 0.3) is 11.1 Å². The van der Waals surface area contributed by atoms with Crippen LogP contribution in [-0.4, -0.2) is 45.9 Å². The highest BCUT2D eigenvalue weighted by Crippen LogP contribution is 2.32. The third kappa shape index (κ3) is 4.34. The van der Waals surface area contributed by atoms with Crippen LogP contribution in [0.15, 0.2) is 39.9 Å². The lowest BCUT2D eigenvalue weighted by Crippen LogP contribution is -2.32. The Labute approximate surface area is 181 Å². The number of fused-ring (bicyclic) bond motifs is 1. The Kier molecular flexibility index (Phi) is 6.33. The first-order chi connectivity index (χ1) is 15.2. The van der Waals surface area contributed by atoms with Crippen molar-refractivity contribution in [2.75, 3.05) is 14.2 Å². The van der Waals surface area contributed by atoms with E-state index < -0.39 is 47.7 Å². The molecule has 1 unspecified atom stereocenters. The lowest BCUT2D eigenvalue weighted by molar-refractivity contribution is -0.141. The number of nitrogens with zero attached hydrogens (tertiary/aromatic N) is 1. The molecule has 3 aromatic rings. The summed E-state index contributed by atoms with van der Waals surface area (Å²) >= 11 is 0. The largest absolute Gasteiger partial charge is 0.507 e. The predicted octanol–water partition coefficient (Wildman–Crippen LogP) is 1.49. The molecule has 0 bridgehead atoms. The number of aliphatic carboxylic acids is 1. The number of hydrogen-bond donors (Lipinski definition) is 3. The molecule has 1 atom stereocenters. The Bertz CT molecular complexity index is 1320. The molecule has 0 aliphatic heterocycles. The van der Waals surface area contributed by atoms with Crippen molar-refractivity contribution in [2.45, 2.75) is 25.8 Å². The van der Waals surface area contributed by atoms with Crippen LogP contribution in [0, 0.1) is 6.92 Å². The van der Waals surface area contributed by atoms with E-state index >= 15 is 0 Å². The third-order valence-corrected chi connectivity index (χ3v) is 5.22. The van der Waals surface area contributed by atoms with Gasteiger partial charge in [-0.3, -0.25) is 19.2 Å². The second-order valence-corrected chi connectivity index (χ2v) is 7.21. The fourth-order valence-electron chi connectivity index (χ4n) is 3.63. The highest BCUT2D eigenvalue weighted by atomic mass is 16.5. The number of carboxylic acid groups (broad SMARTS) is 1. The maximum absolute atomic E-state index is 13.2. The maximum atomic E-state index is 13.2. The summed E-state index contributed by atoms with van der Waals surface area (Å²) in [5.41, 5.74) is -0.894. The molecule has 0 fully saturated rings. The summed E-state index contributed by atoms with van der Waals surface area (Å²) < 4.78 is 10.9. The van der Waals surface area contributed by atoms with Gasteiger partial charge < -0.3 is 29.2 Å². The van der Waals surface area contributed by atoms with Crippen LogP contribution in [0.25, 0.3) is 10.9 Å². The minimum Gasteiger partial charge on any atom is -0.507 e. The molecule has 2 heterocycles. The molecule has 0 aliphatic rings. The van der Waals surface area contributed by atoms with Gasteiger partial charge in [0.05, 0.1) is 26.2 Å². The van der Waals surface area contributed by atoms with Gasteiger partial charge in [-0.15, -0.1) is 0 Å². The Morgan fingerprint density at radius 3 is 2.50 bits per heavy atom. The number of carbonyl (C=O) groups is 2. The summed E-state index contributed by atoms with van der Waals surface area (Å²) in [6.45, 7) is 0.826. The molecule has 3 N–H and O–H groups in total. The number of H-pyrrole nitrogens is 1. The lowest BCUT2D eigenvalue weighted by Gasteiger charge is -2.20. The number of pyridine rings is 2. The monoisotopic (exact) mass is 442 g/mol. The molecule has 1 aromatic carbocycles. The molecular weight excluding hydrogens is 420 g/mol. The van der Waals surface area contributed by atoms with Crippen LogP contribution in [0.2, 0.25) is 0 Å². The van der Waals surface area contributed by atoms with E-state index in [-0.39, 0.29) is 16.8 Å². The number of esters is 1. The smallest absolute Gasteiger partial charge is 0.323 e. The van der Waals surface area contributed by atoms with Gasteiger partial charge in [0, 0.05) is 28.1 Å². The van der Waals surface area contributed by atoms with Crippen molar-refractivity contribution in [3.8, 4) is 11.5 Å². The lowest BCUT2D eigenvalue weighted by atomic mass is 9.88. The molecule has 2 aromatic heterocycles. The number of rotatable bonds is 7. The molecule has 0 spiro atoms. The van der Waals surface area contributed by atoms with Gasteiger partial charge in [0.2, 0.25) is 0 Å². The number of nitrogens with one attached hydrogen (secondary N) is 1. The molecule has 10 heteroatoms. The van der Waals surface area contributed by atoms with E-state index in [1.807, 2.05) is 0 Å². The van der Waals surface area contributed by atoms with Gasteiger partial charge >= 0.3 is 11.9 Å². The zero-order valence-electron chi connectivity index (χ0n) is 17.7. The Balaban J connectivity index is 2.31. The van der Waals surface area contributed by atoms with Crippen LogP contribution in [0.4, 0.5) is 0 Å². The summed E-state index contributed by atoms with van der Waals surface area (Å²) in [5, 5.41) is 20.3. The number of aryl methyl sites for hydroxylation is 1.